The number of fused-ring (bicyclic) bond motifs is 1. The van der Waals surface area contributed by atoms with Gasteiger partial charge in [0.1, 0.15) is 17.7 Å². The highest BCUT2D eigenvalue weighted by Gasteiger charge is 2.76. The zero-order valence-corrected chi connectivity index (χ0v) is 30.4. The van der Waals surface area contributed by atoms with E-state index < -0.39 is 66.3 Å². The number of carbonyl (C=O) groups is 4. The average molecular weight is 716 g/mol. The Bertz CT molecular complexity index is 1550. The summed E-state index contributed by atoms with van der Waals surface area (Å²) < 4.78 is 18.5. The Morgan fingerprint density at radius 3 is 2.38 bits per heavy atom. The van der Waals surface area contributed by atoms with Crippen molar-refractivity contribution in [3.8, 4) is 0 Å². The number of ether oxygens (including phenoxy) is 3. The molecule has 280 valence electrons. The van der Waals surface area contributed by atoms with Gasteiger partial charge in [-0.3, -0.25) is 19.2 Å². The van der Waals surface area contributed by atoms with E-state index in [1.54, 1.807) is 17.1 Å². The van der Waals surface area contributed by atoms with E-state index in [1.807, 2.05) is 60.7 Å². The molecule has 3 aliphatic heterocycles. The molecule has 3 saturated heterocycles. The molecule has 2 N–H and O–H groups in total. The molecule has 2 bridgehead atoms. The second-order valence-corrected chi connectivity index (χ2v) is 13.9. The number of aliphatic hydroxyl groups is 1. The lowest BCUT2D eigenvalue weighted by Crippen LogP contribution is -2.57. The molecule has 3 aliphatic rings. The number of unbranched alkanes of at least 4 members (excludes halogenated alkanes) is 2. The van der Waals surface area contributed by atoms with Crippen LogP contribution in [0.2, 0.25) is 0 Å². The van der Waals surface area contributed by atoms with Gasteiger partial charge >= 0.3 is 5.97 Å². The molecule has 5 rings (SSSR count). The first-order valence-corrected chi connectivity index (χ1v) is 18.5. The van der Waals surface area contributed by atoms with Crippen molar-refractivity contribution in [1.82, 2.24) is 15.1 Å². The Morgan fingerprint density at radius 1 is 1.08 bits per heavy atom. The molecule has 52 heavy (non-hydrogen) atoms. The van der Waals surface area contributed by atoms with Crippen molar-refractivity contribution in [2.45, 2.75) is 87.8 Å². The smallest absolute Gasteiger partial charge is 0.313 e. The zero-order valence-electron chi connectivity index (χ0n) is 30.4. The first kappa shape index (κ1) is 38.9. The van der Waals surface area contributed by atoms with Crippen LogP contribution < -0.4 is 5.32 Å². The Kier molecular flexibility index (Phi) is 13.4. The molecule has 11 heteroatoms. The van der Waals surface area contributed by atoms with E-state index in [0.717, 1.165) is 19.3 Å². The first-order chi connectivity index (χ1) is 25.3. The number of allylic oxidation sites excluding steroid dienone is 1. The lowest BCUT2D eigenvalue weighted by molar-refractivity contribution is -0.163. The van der Waals surface area contributed by atoms with Gasteiger partial charge in [-0.2, -0.15) is 0 Å². The molecule has 0 unspecified atom stereocenters. The maximum Gasteiger partial charge on any atom is 0.313 e. The average Bonchev–Trinajstić information content (AvgIpc) is 3.81. The van der Waals surface area contributed by atoms with Crippen LogP contribution in [0.15, 0.2) is 86.0 Å². The lowest BCUT2D eigenvalue weighted by Gasteiger charge is -2.39. The van der Waals surface area contributed by atoms with Gasteiger partial charge in [0.15, 0.2) is 0 Å². The third-order valence-electron chi connectivity index (χ3n) is 10.6. The third-order valence-corrected chi connectivity index (χ3v) is 10.6. The van der Waals surface area contributed by atoms with Crippen molar-refractivity contribution in [2.75, 3.05) is 33.4 Å². The predicted molar refractivity (Wildman–Crippen MR) is 196 cm³/mol. The van der Waals surface area contributed by atoms with E-state index >= 15 is 0 Å². The van der Waals surface area contributed by atoms with Crippen LogP contribution >= 0.6 is 0 Å². The molecule has 0 saturated carbocycles. The van der Waals surface area contributed by atoms with E-state index in [1.165, 1.54) is 12.0 Å². The van der Waals surface area contributed by atoms with Gasteiger partial charge in [-0.25, -0.2) is 0 Å². The zero-order chi connectivity index (χ0) is 37.3. The number of amides is 3. The molecule has 0 aliphatic carbocycles. The Labute approximate surface area is 307 Å². The fourth-order valence-corrected chi connectivity index (χ4v) is 8.30. The molecule has 8 atom stereocenters. The van der Waals surface area contributed by atoms with Gasteiger partial charge in [-0.05, 0) is 36.8 Å². The van der Waals surface area contributed by atoms with E-state index in [2.05, 4.69) is 25.4 Å². The Balaban J connectivity index is 1.53. The number of methoxy groups -OCH3 is 1. The molecular weight excluding hydrogens is 662 g/mol. The SMILES string of the molecule is C=CCCC(=O)N[C@H](COC)[C@H](OC(=O)[C@@H]1[C@H]2C(=O)N([C@H](CO)c3ccccc3)[C@H](C(=O)N(CC=C)CCCCC)[C@]23CC[C@H]1O3)c1ccccc1. The summed E-state index contributed by atoms with van der Waals surface area (Å²) in [6.45, 7) is 10.0. The van der Waals surface area contributed by atoms with Gasteiger partial charge in [-0.1, -0.05) is 92.6 Å². The number of rotatable bonds is 20. The molecule has 3 amide bonds. The number of likely N-dealkylation sites (tertiary alicyclic amines) is 1. The molecule has 2 aromatic rings. The molecule has 2 aromatic carbocycles. The van der Waals surface area contributed by atoms with Gasteiger partial charge in [0.2, 0.25) is 17.7 Å². The van der Waals surface area contributed by atoms with Crippen LogP contribution in [-0.4, -0.2) is 95.8 Å². The monoisotopic (exact) mass is 715 g/mol. The summed E-state index contributed by atoms with van der Waals surface area (Å²) in [5.74, 6) is -3.66. The van der Waals surface area contributed by atoms with Crippen LogP contribution in [0.1, 0.15) is 75.1 Å². The number of hydrogen-bond donors (Lipinski definition) is 2. The lowest BCUT2D eigenvalue weighted by atomic mass is 9.70. The minimum absolute atomic E-state index is 0.0559. The van der Waals surface area contributed by atoms with E-state index in [0.29, 0.717) is 36.9 Å². The molecule has 3 fully saturated rings. The molecule has 0 aromatic heterocycles. The van der Waals surface area contributed by atoms with E-state index in [-0.39, 0.29) is 31.4 Å². The number of nitrogens with zero attached hydrogens (tertiary/aromatic N) is 2. The summed E-state index contributed by atoms with van der Waals surface area (Å²) in [4.78, 5) is 60.4. The molecular formula is C41H53N3O8. The van der Waals surface area contributed by atoms with Gasteiger partial charge in [0, 0.05) is 26.6 Å². The number of carbonyl (C=O) groups excluding carboxylic acids is 4. The third kappa shape index (κ3) is 7.86. The summed E-state index contributed by atoms with van der Waals surface area (Å²) in [5, 5.41) is 13.8. The fraction of sp³-hybridized carbons (Fsp3) is 0.512. The van der Waals surface area contributed by atoms with Gasteiger partial charge in [-0.15, -0.1) is 13.2 Å². The van der Waals surface area contributed by atoms with E-state index in [9.17, 15) is 24.3 Å². The van der Waals surface area contributed by atoms with Crippen molar-refractivity contribution in [2.24, 2.45) is 11.8 Å². The minimum atomic E-state index is -1.30. The molecule has 0 radical (unpaired) electrons. The maximum atomic E-state index is 14.9. The summed E-state index contributed by atoms with van der Waals surface area (Å²) in [6.07, 6.45) is 5.93. The standard InChI is InChI=1S/C41H53N3O8/c1-5-8-16-25-43(24-7-3)39(48)37-41-23-22-32(52-41)34(35(41)38(47)44(37)31(26-45)28-17-12-10-13-18-28)40(49)51-36(29-19-14-11-15-20-29)30(27-50-4)42-33(46)21-9-6-2/h6-7,10-15,17-20,30-32,34-37,45H,2-3,5,8-9,16,21-27H2,1,4H3,(H,42,46)/t30-,31-,32-,34+,35+,36-,37-,41+/m1/s1. The van der Waals surface area contributed by atoms with Crippen LogP contribution in [0.25, 0.3) is 0 Å². The molecule has 11 nitrogen and oxygen atoms in total. The van der Waals surface area contributed by atoms with Gasteiger partial charge in [0.25, 0.3) is 0 Å². The number of benzene rings is 2. The highest BCUT2D eigenvalue weighted by Crippen LogP contribution is 2.60. The van der Waals surface area contributed by atoms with Gasteiger partial charge in [0.05, 0.1) is 43.2 Å². The van der Waals surface area contributed by atoms with Crippen molar-refractivity contribution < 1.29 is 38.5 Å². The minimum Gasteiger partial charge on any atom is -0.455 e. The molecule has 3 heterocycles. The van der Waals surface area contributed by atoms with Crippen LogP contribution in [-0.2, 0) is 33.4 Å². The quantitative estimate of drug-likeness (QED) is 0.115. The van der Waals surface area contributed by atoms with Crippen molar-refractivity contribution >= 4 is 23.7 Å². The summed E-state index contributed by atoms with van der Waals surface area (Å²) in [5.41, 5.74) is 0.00742. The second-order valence-electron chi connectivity index (χ2n) is 13.9. The van der Waals surface area contributed by atoms with Crippen LogP contribution in [0.4, 0.5) is 0 Å². The van der Waals surface area contributed by atoms with Crippen molar-refractivity contribution in [1.29, 1.82) is 0 Å². The van der Waals surface area contributed by atoms with Crippen molar-refractivity contribution in [3.63, 3.8) is 0 Å². The number of aliphatic hydroxyl groups excluding tert-OH is 1. The Morgan fingerprint density at radius 2 is 1.77 bits per heavy atom. The van der Waals surface area contributed by atoms with Crippen molar-refractivity contribution in [3.05, 3.63) is 97.1 Å². The maximum absolute atomic E-state index is 14.9. The number of esters is 1. The first-order valence-electron chi connectivity index (χ1n) is 18.5. The summed E-state index contributed by atoms with van der Waals surface area (Å²) in [7, 11) is 1.51. The number of nitrogens with one attached hydrogen (secondary N) is 1. The highest BCUT2D eigenvalue weighted by atomic mass is 16.6. The largest absolute Gasteiger partial charge is 0.455 e. The Hall–Kier alpha value is -4.32. The highest BCUT2D eigenvalue weighted by molar-refractivity contribution is 5.98. The number of hydrogen-bond acceptors (Lipinski definition) is 8. The summed E-state index contributed by atoms with van der Waals surface area (Å²) in [6, 6.07) is 15.6. The topological polar surface area (TPSA) is 135 Å². The predicted octanol–water partition coefficient (Wildman–Crippen LogP) is 4.68. The molecule has 1 spiro atoms. The van der Waals surface area contributed by atoms with Gasteiger partial charge < -0.3 is 34.4 Å². The van der Waals surface area contributed by atoms with Crippen LogP contribution in [0, 0.1) is 11.8 Å². The van der Waals surface area contributed by atoms with Crippen LogP contribution in [0.3, 0.4) is 0 Å². The van der Waals surface area contributed by atoms with E-state index in [4.69, 9.17) is 14.2 Å². The summed E-state index contributed by atoms with van der Waals surface area (Å²) >= 11 is 0. The second kappa shape index (κ2) is 17.9. The van der Waals surface area contributed by atoms with Crippen LogP contribution in [0.5, 0.6) is 0 Å². The fourth-order valence-electron chi connectivity index (χ4n) is 8.30. The normalized spacial score (nSPS) is 24.8.